The molecule has 2 N–H and O–H groups in total. The van der Waals surface area contributed by atoms with E-state index < -0.39 is 12.1 Å². The summed E-state index contributed by atoms with van der Waals surface area (Å²) in [6.45, 7) is 1.61. The molecule has 41 heavy (non-hydrogen) atoms. The highest BCUT2D eigenvalue weighted by Crippen LogP contribution is 2.27. The van der Waals surface area contributed by atoms with Crippen molar-refractivity contribution in [3.8, 4) is 0 Å². The monoisotopic (exact) mass is 604 g/mol. The lowest BCUT2D eigenvalue weighted by Gasteiger charge is -2.30. The highest BCUT2D eigenvalue weighted by atomic mass is 35.5. The fourth-order valence-corrected chi connectivity index (χ4v) is 6.75. The molecule has 1 saturated heterocycles. The number of likely N-dealkylation sites (N-methyl/N-ethyl adjacent to an activating group) is 1. The van der Waals surface area contributed by atoms with Gasteiger partial charge in [-0.25, -0.2) is 0 Å². The van der Waals surface area contributed by atoms with Gasteiger partial charge in [0.05, 0.1) is 0 Å². The number of halogens is 1. The number of likely N-dealkylation sites (tertiary alicyclic amines) is 1. The number of thiophene rings is 1. The van der Waals surface area contributed by atoms with Crippen molar-refractivity contribution < 1.29 is 9.59 Å². The minimum absolute atomic E-state index is 0.124. The molecule has 0 aliphatic carbocycles. The molecule has 5 rings (SSSR count). The van der Waals surface area contributed by atoms with Crippen LogP contribution in [0.25, 0.3) is 10.1 Å². The normalized spacial score (nSPS) is 15.5. The second-order valence-electron chi connectivity index (χ2n) is 10.3. The molecule has 212 valence electrons. The zero-order chi connectivity index (χ0) is 28.8. The summed E-state index contributed by atoms with van der Waals surface area (Å²) in [6.07, 6.45) is 1.92. The Kier molecular flexibility index (Phi) is 9.54. The SMILES string of the molecule is CN(Cc1ccccc1)C(=O)[C@H](Cc1csc2ccccc12)NC(=O)[C@@H]1CCCN1C(=S)NCc1ccccc1Cl. The number of thiocarbonyl (C=S) groups is 1. The van der Waals surface area contributed by atoms with E-state index in [1.165, 1.54) is 0 Å². The summed E-state index contributed by atoms with van der Waals surface area (Å²) >= 11 is 13.7. The molecule has 0 spiro atoms. The molecule has 0 bridgehead atoms. The predicted octanol–water partition coefficient (Wildman–Crippen LogP) is 5.78. The number of benzene rings is 3. The summed E-state index contributed by atoms with van der Waals surface area (Å²) in [5.74, 6) is -0.308. The molecule has 0 radical (unpaired) electrons. The van der Waals surface area contributed by atoms with E-state index in [1.807, 2.05) is 71.6 Å². The van der Waals surface area contributed by atoms with E-state index >= 15 is 0 Å². The van der Waals surface area contributed by atoms with Crippen LogP contribution in [0.15, 0.2) is 84.2 Å². The van der Waals surface area contributed by atoms with Gasteiger partial charge < -0.3 is 20.4 Å². The number of fused-ring (bicyclic) bond motifs is 1. The molecule has 2 atom stereocenters. The summed E-state index contributed by atoms with van der Waals surface area (Å²) in [5, 5.41) is 10.8. The summed E-state index contributed by atoms with van der Waals surface area (Å²) in [6, 6.07) is 24.5. The summed E-state index contributed by atoms with van der Waals surface area (Å²) < 4.78 is 1.16. The van der Waals surface area contributed by atoms with E-state index in [-0.39, 0.29) is 11.8 Å². The topological polar surface area (TPSA) is 64.7 Å². The van der Waals surface area contributed by atoms with Gasteiger partial charge in [-0.3, -0.25) is 9.59 Å². The van der Waals surface area contributed by atoms with Crippen LogP contribution in [0.1, 0.15) is 29.5 Å². The standard InChI is InChI=1S/C32H33ClN4O2S2/c1-36(20-22-10-3-2-4-11-22)31(39)27(18-24-21-41-29-16-8-6-13-25(24)29)35-30(38)28-15-9-17-37(28)32(40)34-19-23-12-5-7-14-26(23)33/h2-8,10-14,16,21,27-28H,9,15,17-20H2,1H3,(H,34,40)(H,35,38)/t27-,28-/m0/s1. The molecule has 9 heteroatoms. The van der Waals surface area contributed by atoms with Gasteiger partial charge in [-0.05, 0) is 64.6 Å². The average molecular weight is 605 g/mol. The van der Waals surface area contributed by atoms with E-state index in [0.717, 1.165) is 33.2 Å². The van der Waals surface area contributed by atoms with Crippen molar-refractivity contribution >= 4 is 62.2 Å². The van der Waals surface area contributed by atoms with Crippen LogP contribution in [0, 0.1) is 0 Å². The number of hydrogen-bond donors (Lipinski definition) is 2. The Hall–Kier alpha value is -3.46. The smallest absolute Gasteiger partial charge is 0.245 e. The first kappa shape index (κ1) is 29.0. The zero-order valence-electron chi connectivity index (χ0n) is 22.9. The van der Waals surface area contributed by atoms with Crippen LogP contribution in [0.2, 0.25) is 5.02 Å². The molecule has 1 aliphatic heterocycles. The first-order chi connectivity index (χ1) is 19.9. The first-order valence-corrected chi connectivity index (χ1v) is 15.4. The van der Waals surface area contributed by atoms with Crippen LogP contribution < -0.4 is 10.6 Å². The Morgan fingerprint density at radius 2 is 1.78 bits per heavy atom. The van der Waals surface area contributed by atoms with Crippen molar-refractivity contribution in [1.82, 2.24) is 20.4 Å². The first-order valence-electron chi connectivity index (χ1n) is 13.7. The van der Waals surface area contributed by atoms with Crippen LogP contribution in [-0.2, 0) is 29.1 Å². The summed E-state index contributed by atoms with van der Waals surface area (Å²) in [7, 11) is 1.79. The van der Waals surface area contributed by atoms with Gasteiger partial charge in [-0.15, -0.1) is 11.3 Å². The molecule has 0 unspecified atom stereocenters. The van der Waals surface area contributed by atoms with Crippen molar-refractivity contribution in [2.75, 3.05) is 13.6 Å². The van der Waals surface area contributed by atoms with Crippen molar-refractivity contribution in [2.45, 2.75) is 44.4 Å². The number of amides is 2. The maximum Gasteiger partial charge on any atom is 0.245 e. The highest BCUT2D eigenvalue weighted by Gasteiger charge is 2.35. The lowest BCUT2D eigenvalue weighted by Crippen LogP contribution is -2.55. The fraction of sp³-hybridized carbons (Fsp3) is 0.281. The third kappa shape index (κ3) is 7.07. The fourth-order valence-electron chi connectivity index (χ4n) is 5.28. The van der Waals surface area contributed by atoms with Crippen LogP contribution in [0.3, 0.4) is 0 Å². The number of carbonyl (C=O) groups is 2. The lowest BCUT2D eigenvalue weighted by molar-refractivity contribution is -0.136. The van der Waals surface area contributed by atoms with Crippen molar-refractivity contribution in [3.05, 3.63) is 106 Å². The third-order valence-electron chi connectivity index (χ3n) is 7.44. The van der Waals surface area contributed by atoms with E-state index in [4.69, 9.17) is 23.8 Å². The quantitative estimate of drug-likeness (QED) is 0.237. The molecule has 1 fully saturated rings. The Bertz CT molecular complexity index is 1530. The van der Waals surface area contributed by atoms with Crippen LogP contribution in [0.5, 0.6) is 0 Å². The molecule has 2 heterocycles. The Labute approximate surface area is 255 Å². The van der Waals surface area contributed by atoms with E-state index in [1.54, 1.807) is 23.3 Å². The number of hydrogen-bond acceptors (Lipinski definition) is 4. The second kappa shape index (κ2) is 13.5. The molecule has 6 nitrogen and oxygen atoms in total. The van der Waals surface area contributed by atoms with Crippen LogP contribution >= 0.6 is 35.2 Å². The number of carbonyl (C=O) groups excluding carboxylic acids is 2. The molecule has 1 aliphatic rings. The molecule has 2 amide bonds. The van der Waals surface area contributed by atoms with Crippen LogP contribution in [-0.4, -0.2) is 52.4 Å². The van der Waals surface area contributed by atoms with Gasteiger partial charge in [-0.2, -0.15) is 0 Å². The van der Waals surface area contributed by atoms with Crippen molar-refractivity contribution in [1.29, 1.82) is 0 Å². The van der Waals surface area contributed by atoms with E-state index in [2.05, 4.69) is 28.1 Å². The van der Waals surface area contributed by atoms with Gasteiger partial charge in [-0.1, -0.05) is 78.3 Å². The lowest BCUT2D eigenvalue weighted by atomic mass is 10.0. The van der Waals surface area contributed by atoms with Gasteiger partial charge in [0.2, 0.25) is 11.8 Å². The summed E-state index contributed by atoms with van der Waals surface area (Å²) in [4.78, 5) is 31.2. The predicted molar refractivity (Wildman–Crippen MR) is 171 cm³/mol. The largest absolute Gasteiger partial charge is 0.358 e. The third-order valence-corrected chi connectivity index (χ3v) is 9.20. The maximum atomic E-state index is 13.8. The molecule has 0 saturated carbocycles. The summed E-state index contributed by atoms with van der Waals surface area (Å²) in [5.41, 5.74) is 3.02. The Morgan fingerprint density at radius 1 is 1.05 bits per heavy atom. The van der Waals surface area contributed by atoms with E-state index in [9.17, 15) is 9.59 Å². The maximum absolute atomic E-state index is 13.8. The molecular formula is C32H33ClN4O2S2. The molecule has 3 aromatic carbocycles. The van der Waals surface area contributed by atoms with E-state index in [0.29, 0.717) is 42.6 Å². The van der Waals surface area contributed by atoms with Gasteiger partial charge in [0.15, 0.2) is 5.11 Å². The average Bonchev–Trinajstić information content (AvgIpc) is 3.64. The van der Waals surface area contributed by atoms with Gasteiger partial charge in [0.1, 0.15) is 12.1 Å². The Morgan fingerprint density at radius 3 is 2.59 bits per heavy atom. The number of rotatable bonds is 9. The highest BCUT2D eigenvalue weighted by molar-refractivity contribution is 7.80. The van der Waals surface area contributed by atoms with Crippen LogP contribution in [0.4, 0.5) is 0 Å². The molecule has 1 aromatic heterocycles. The Balaban J connectivity index is 1.31. The minimum atomic E-state index is -0.707. The second-order valence-corrected chi connectivity index (χ2v) is 12.0. The zero-order valence-corrected chi connectivity index (χ0v) is 25.3. The van der Waals surface area contributed by atoms with Crippen molar-refractivity contribution in [2.24, 2.45) is 0 Å². The van der Waals surface area contributed by atoms with Gasteiger partial charge in [0.25, 0.3) is 0 Å². The minimum Gasteiger partial charge on any atom is -0.358 e. The van der Waals surface area contributed by atoms with Gasteiger partial charge in [0, 0.05) is 42.8 Å². The van der Waals surface area contributed by atoms with Crippen molar-refractivity contribution in [3.63, 3.8) is 0 Å². The molecule has 4 aromatic rings. The number of nitrogens with zero attached hydrogens (tertiary/aromatic N) is 2. The molecular weight excluding hydrogens is 572 g/mol. The van der Waals surface area contributed by atoms with Gasteiger partial charge >= 0.3 is 0 Å². The number of nitrogens with one attached hydrogen (secondary N) is 2.